The number of quaternary nitrogens is 1. The van der Waals surface area contributed by atoms with Crippen LogP contribution in [-0.2, 0) is 9.53 Å². The SMILES string of the molecule is COC(=O)c1ccc(OCC[N+](C(C)=O)(c2ccc(NC(=O)Nc3ccccc3C)c(OC)c2)C2CC2)cc1. The molecule has 0 aliphatic heterocycles. The van der Waals surface area contributed by atoms with Gasteiger partial charge in [-0.15, -0.1) is 0 Å². The number of aryl methyl sites for hydroxylation is 1. The average molecular weight is 533 g/mol. The lowest BCUT2D eigenvalue weighted by atomic mass is 10.1. The number of carbonyl (C=O) groups excluding carboxylic acids is 3. The van der Waals surface area contributed by atoms with Crippen LogP contribution in [0.2, 0.25) is 0 Å². The molecule has 1 fully saturated rings. The second-order valence-corrected chi connectivity index (χ2v) is 9.49. The van der Waals surface area contributed by atoms with Crippen LogP contribution in [0.1, 0.15) is 35.7 Å². The Labute approximate surface area is 228 Å². The minimum Gasteiger partial charge on any atom is -0.494 e. The summed E-state index contributed by atoms with van der Waals surface area (Å²) in [6.07, 6.45) is 1.85. The number of nitrogens with zero attached hydrogens (tertiary/aromatic N) is 1. The molecular weight excluding hydrogens is 498 g/mol. The summed E-state index contributed by atoms with van der Waals surface area (Å²) in [5.41, 5.74) is 3.37. The van der Waals surface area contributed by atoms with Gasteiger partial charge in [-0.3, -0.25) is 0 Å². The number of amides is 3. The fourth-order valence-electron chi connectivity index (χ4n) is 4.77. The highest BCUT2D eigenvalue weighted by atomic mass is 16.5. The van der Waals surface area contributed by atoms with Crippen molar-refractivity contribution < 1.29 is 28.6 Å². The van der Waals surface area contributed by atoms with Gasteiger partial charge in [-0.1, -0.05) is 18.2 Å². The van der Waals surface area contributed by atoms with E-state index in [-0.39, 0.29) is 23.0 Å². The summed E-state index contributed by atoms with van der Waals surface area (Å²) in [5.74, 6) is 0.636. The molecule has 0 saturated heterocycles. The van der Waals surface area contributed by atoms with E-state index in [2.05, 4.69) is 10.6 Å². The largest absolute Gasteiger partial charge is 0.494 e. The van der Waals surface area contributed by atoms with E-state index >= 15 is 0 Å². The highest BCUT2D eigenvalue weighted by Crippen LogP contribution is 2.42. The molecule has 4 rings (SSSR count). The van der Waals surface area contributed by atoms with Crippen molar-refractivity contribution in [1.29, 1.82) is 0 Å². The molecule has 0 bridgehead atoms. The van der Waals surface area contributed by atoms with Gasteiger partial charge in [0.2, 0.25) is 0 Å². The summed E-state index contributed by atoms with van der Waals surface area (Å²) < 4.78 is 16.4. The van der Waals surface area contributed by atoms with Crippen LogP contribution in [0.4, 0.5) is 21.9 Å². The first kappa shape index (κ1) is 27.7. The molecule has 1 aliphatic rings. The Balaban J connectivity index is 1.51. The number of benzene rings is 3. The van der Waals surface area contributed by atoms with Gasteiger partial charge < -0.3 is 24.8 Å². The van der Waals surface area contributed by atoms with Crippen molar-refractivity contribution in [1.82, 2.24) is 4.48 Å². The number of urea groups is 1. The first-order valence-electron chi connectivity index (χ1n) is 12.8. The number of hydrogen-bond donors (Lipinski definition) is 2. The van der Waals surface area contributed by atoms with E-state index in [0.29, 0.717) is 35.0 Å². The molecule has 0 aromatic heterocycles. The van der Waals surface area contributed by atoms with E-state index in [0.717, 1.165) is 24.1 Å². The Bertz CT molecular complexity index is 1350. The molecule has 0 heterocycles. The third kappa shape index (κ3) is 6.21. The van der Waals surface area contributed by atoms with Crippen LogP contribution in [-0.4, -0.2) is 51.3 Å². The Morgan fingerprint density at radius 2 is 1.62 bits per heavy atom. The van der Waals surface area contributed by atoms with Crippen LogP contribution >= 0.6 is 0 Å². The standard InChI is InChI=1S/C30H33N3O6/c1-20-7-5-6-8-26(20)31-30(36)32-27-16-13-24(19-28(27)37-3)33(21(2)34,23-11-12-23)17-18-39-25-14-9-22(10-15-25)29(35)38-4/h5-10,13-16,19,23H,11-12,17-18H2,1-4H3,(H-,31,32,36)/p+1. The van der Waals surface area contributed by atoms with Crippen LogP contribution < -0.4 is 24.6 Å². The van der Waals surface area contributed by atoms with E-state index in [4.69, 9.17) is 14.2 Å². The quantitative estimate of drug-likeness (QED) is 0.263. The molecule has 1 aliphatic carbocycles. The van der Waals surface area contributed by atoms with Crippen LogP contribution in [0.25, 0.3) is 0 Å². The van der Waals surface area contributed by atoms with Gasteiger partial charge in [0.05, 0.1) is 32.4 Å². The molecule has 0 spiro atoms. The van der Waals surface area contributed by atoms with Crippen molar-refractivity contribution in [2.45, 2.75) is 32.7 Å². The van der Waals surface area contributed by atoms with Crippen molar-refractivity contribution in [3.8, 4) is 11.5 Å². The van der Waals surface area contributed by atoms with Crippen molar-refractivity contribution in [3.63, 3.8) is 0 Å². The smallest absolute Gasteiger partial charge is 0.337 e. The number of methoxy groups -OCH3 is 2. The molecule has 39 heavy (non-hydrogen) atoms. The van der Waals surface area contributed by atoms with Crippen molar-refractivity contribution in [2.24, 2.45) is 0 Å². The van der Waals surface area contributed by atoms with Gasteiger partial charge in [0.1, 0.15) is 36.4 Å². The van der Waals surface area contributed by atoms with Gasteiger partial charge in [-0.2, -0.15) is 0 Å². The van der Waals surface area contributed by atoms with Crippen molar-refractivity contribution in [2.75, 3.05) is 38.0 Å². The molecule has 3 amide bonds. The number of carbonyl (C=O) groups is 3. The molecule has 2 N–H and O–H groups in total. The maximum absolute atomic E-state index is 13.2. The number of ether oxygens (including phenoxy) is 3. The predicted octanol–water partition coefficient (Wildman–Crippen LogP) is 5.53. The second kappa shape index (κ2) is 12.0. The number of anilines is 2. The molecule has 1 saturated carbocycles. The lowest BCUT2D eigenvalue weighted by molar-refractivity contribution is -0.129. The monoisotopic (exact) mass is 532 g/mol. The maximum atomic E-state index is 13.2. The van der Waals surface area contributed by atoms with Gasteiger partial charge in [-0.05, 0) is 48.9 Å². The van der Waals surface area contributed by atoms with E-state index < -0.39 is 12.0 Å². The first-order valence-corrected chi connectivity index (χ1v) is 12.8. The van der Waals surface area contributed by atoms with Gasteiger partial charge in [0, 0.05) is 30.7 Å². The Kier molecular flexibility index (Phi) is 8.51. The topological polar surface area (TPSA) is 103 Å². The molecule has 9 heteroatoms. The number of nitrogens with one attached hydrogen (secondary N) is 2. The summed E-state index contributed by atoms with van der Waals surface area (Å²) in [6, 6.07) is 19.4. The zero-order chi connectivity index (χ0) is 28.0. The Morgan fingerprint density at radius 3 is 2.23 bits per heavy atom. The molecule has 9 nitrogen and oxygen atoms in total. The molecule has 0 radical (unpaired) electrons. The van der Waals surface area contributed by atoms with Crippen LogP contribution in [0.3, 0.4) is 0 Å². The van der Waals surface area contributed by atoms with Crippen LogP contribution in [0.15, 0.2) is 66.7 Å². The summed E-state index contributed by atoms with van der Waals surface area (Å²) in [4.78, 5) is 37.5. The second-order valence-electron chi connectivity index (χ2n) is 9.49. The molecular formula is C30H34N3O6+. The van der Waals surface area contributed by atoms with E-state index in [1.807, 2.05) is 43.3 Å². The summed E-state index contributed by atoms with van der Waals surface area (Å²) in [5, 5.41) is 5.70. The van der Waals surface area contributed by atoms with E-state index in [1.165, 1.54) is 14.2 Å². The summed E-state index contributed by atoms with van der Waals surface area (Å²) >= 11 is 0. The highest BCUT2D eigenvalue weighted by molar-refractivity contribution is 6.01. The third-order valence-electron chi connectivity index (χ3n) is 7.01. The normalized spacial score (nSPS) is 14.1. The highest BCUT2D eigenvalue weighted by Gasteiger charge is 2.50. The number of rotatable bonds is 10. The molecule has 204 valence electrons. The van der Waals surface area contributed by atoms with E-state index in [9.17, 15) is 14.4 Å². The van der Waals surface area contributed by atoms with Gasteiger partial charge in [-0.25, -0.2) is 18.9 Å². The summed E-state index contributed by atoms with van der Waals surface area (Å²) in [6.45, 7) is 4.22. The van der Waals surface area contributed by atoms with Crippen LogP contribution in [0, 0.1) is 6.92 Å². The number of esters is 1. The van der Waals surface area contributed by atoms with Crippen molar-refractivity contribution in [3.05, 3.63) is 77.9 Å². The molecule has 3 aromatic rings. The Hall–Kier alpha value is -4.37. The van der Waals surface area contributed by atoms with Gasteiger partial charge in [0.25, 0.3) is 0 Å². The molecule has 1 atom stereocenters. The van der Waals surface area contributed by atoms with Gasteiger partial charge in [0.15, 0.2) is 0 Å². The number of hydrogen-bond acceptors (Lipinski definition) is 6. The average Bonchev–Trinajstić information content (AvgIpc) is 3.78. The molecule has 1 unspecified atom stereocenters. The maximum Gasteiger partial charge on any atom is 0.337 e. The lowest BCUT2D eigenvalue weighted by Crippen LogP contribution is -2.57. The zero-order valence-electron chi connectivity index (χ0n) is 22.7. The third-order valence-corrected chi connectivity index (χ3v) is 7.01. The zero-order valence-corrected chi connectivity index (χ0v) is 22.7. The number of para-hydroxylation sites is 1. The fraction of sp³-hybridized carbons (Fsp3) is 0.300. The fourth-order valence-corrected chi connectivity index (χ4v) is 4.77. The molecule has 3 aromatic carbocycles. The minimum atomic E-state index is -0.415. The lowest BCUT2D eigenvalue weighted by Gasteiger charge is -2.35. The predicted molar refractivity (Wildman–Crippen MR) is 150 cm³/mol. The minimum absolute atomic E-state index is 0.00203. The van der Waals surface area contributed by atoms with Gasteiger partial charge >= 0.3 is 17.9 Å². The summed E-state index contributed by atoms with van der Waals surface area (Å²) in [7, 11) is 2.87. The van der Waals surface area contributed by atoms with E-state index in [1.54, 1.807) is 37.3 Å². The van der Waals surface area contributed by atoms with Crippen molar-refractivity contribution >= 4 is 35.0 Å². The Morgan fingerprint density at radius 1 is 0.923 bits per heavy atom. The van der Waals surface area contributed by atoms with Crippen LogP contribution in [0.5, 0.6) is 11.5 Å². The first-order chi connectivity index (χ1) is 18.8.